The van der Waals surface area contributed by atoms with Crippen molar-refractivity contribution in [3.63, 3.8) is 0 Å². The average Bonchev–Trinajstić information content (AvgIpc) is 2.66. The first kappa shape index (κ1) is 19.6. The van der Waals surface area contributed by atoms with E-state index in [0.717, 1.165) is 22.2 Å². The second-order valence-electron chi connectivity index (χ2n) is 6.66. The fourth-order valence-electron chi connectivity index (χ4n) is 3.07. The molecule has 0 bridgehead atoms. The summed E-state index contributed by atoms with van der Waals surface area (Å²) in [6.07, 6.45) is 0. The summed E-state index contributed by atoms with van der Waals surface area (Å²) in [5.74, 6) is -0.472. The zero-order chi connectivity index (χ0) is 20.3. The average molecular weight is 383 g/mol. The first-order valence-corrected chi connectivity index (χ1v) is 9.11. The number of benzene rings is 2. The molecule has 0 spiro atoms. The fourth-order valence-corrected chi connectivity index (χ4v) is 3.07. The number of hydrogen-bond donors (Lipinski definition) is 1. The van der Waals surface area contributed by atoms with Gasteiger partial charge in [0.1, 0.15) is 11.6 Å². The number of pyridine rings is 1. The third kappa shape index (κ3) is 4.06. The van der Waals surface area contributed by atoms with Gasteiger partial charge in [0.2, 0.25) is 5.88 Å². The molecule has 0 aliphatic heterocycles. The molecular weight excluding hydrogens is 361 g/mol. The lowest BCUT2D eigenvalue weighted by Crippen LogP contribution is -2.15. The molecule has 3 rings (SSSR count). The maximum absolute atomic E-state index is 13.4. The summed E-state index contributed by atoms with van der Waals surface area (Å²) in [5, 5.41) is 11.3. The Morgan fingerprint density at radius 2 is 1.86 bits per heavy atom. The summed E-state index contributed by atoms with van der Waals surface area (Å²) >= 11 is 0. The predicted molar refractivity (Wildman–Crippen MR) is 105 cm³/mol. The first-order valence-electron chi connectivity index (χ1n) is 9.11. The van der Waals surface area contributed by atoms with Gasteiger partial charge in [0.25, 0.3) is 0 Å². The van der Waals surface area contributed by atoms with Gasteiger partial charge in [-0.3, -0.25) is 0 Å². The lowest BCUT2D eigenvalue weighted by Gasteiger charge is -2.18. The largest absolute Gasteiger partial charge is 0.508 e. The van der Waals surface area contributed by atoms with E-state index in [4.69, 9.17) is 9.47 Å². The van der Waals surface area contributed by atoms with Crippen LogP contribution in [0.2, 0.25) is 0 Å². The van der Waals surface area contributed by atoms with Crippen LogP contribution < -0.4 is 4.74 Å². The highest BCUT2D eigenvalue weighted by atomic mass is 19.1. The minimum atomic E-state index is -0.494. The van der Waals surface area contributed by atoms with Crippen LogP contribution in [0.3, 0.4) is 0 Å². The zero-order valence-corrected chi connectivity index (χ0v) is 16.0. The molecule has 6 heteroatoms. The fraction of sp³-hybridized carbons (Fsp3) is 0.273. The van der Waals surface area contributed by atoms with Crippen LogP contribution in [0.5, 0.6) is 11.6 Å². The van der Waals surface area contributed by atoms with Crippen molar-refractivity contribution in [3.8, 4) is 22.8 Å². The molecule has 1 heterocycles. The van der Waals surface area contributed by atoms with E-state index in [1.54, 1.807) is 37.3 Å². The van der Waals surface area contributed by atoms with Gasteiger partial charge in [-0.1, -0.05) is 26.0 Å². The topological polar surface area (TPSA) is 68.7 Å². The monoisotopic (exact) mass is 383 g/mol. The number of halogens is 1. The minimum absolute atomic E-state index is 0.0446. The Morgan fingerprint density at radius 1 is 1.14 bits per heavy atom. The highest BCUT2D eigenvalue weighted by Crippen LogP contribution is 2.39. The molecule has 0 unspecified atom stereocenters. The Bertz CT molecular complexity index is 1000. The van der Waals surface area contributed by atoms with E-state index in [-0.39, 0.29) is 36.6 Å². The third-order valence-electron chi connectivity index (χ3n) is 4.29. The van der Waals surface area contributed by atoms with Gasteiger partial charge in [-0.15, -0.1) is 0 Å². The van der Waals surface area contributed by atoms with Crippen LogP contribution in [0.1, 0.15) is 32.4 Å². The first-order chi connectivity index (χ1) is 13.4. The number of phenols is 1. The van der Waals surface area contributed by atoms with E-state index < -0.39 is 5.97 Å². The van der Waals surface area contributed by atoms with Crippen LogP contribution in [-0.2, 0) is 9.53 Å². The van der Waals surface area contributed by atoms with E-state index in [0.29, 0.717) is 5.39 Å². The number of nitrogens with zero attached hydrogens (tertiary/aromatic N) is 1. The summed E-state index contributed by atoms with van der Waals surface area (Å²) in [6, 6.07) is 11.1. The van der Waals surface area contributed by atoms with Gasteiger partial charge < -0.3 is 14.6 Å². The maximum Gasteiger partial charge on any atom is 0.344 e. The lowest BCUT2D eigenvalue weighted by atomic mass is 9.92. The SMILES string of the molecule is CCOC(=O)COc1nc(C(C)C)c(-c2ccc(F)cc2)c2ccc(O)cc12. The smallest absolute Gasteiger partial charge is 0.344 e. The molecule has 0 saturated heterocycles. The van der Waals surface area contributed by atoms with E-state index in [1.807, 2.05) is 13.8 Å². The van der Waals surface area contributed by atoms with E-state index >= 15 is 0 Å². The van der Waals surface area contributed by atoms with Crippen molar-refractivity contribution in [1.82, 2.24) is 4.98 Å². The number of ether oxygens (including phenoxy) is 2. The Balaban J connectivity index is 2.20. The predicted octanol–water partition coefficient (Wildman–Crippen LogP) is 4.81. The summed E-state index contributed by atoms with van der Waals surface area (Å²) in [6.45, 7) is 5.70. The van der Waals surface area contributed by atoms with Crippen molar-refractivity contribution < 1.29 is 23.8 Å². The molecule has 1 N–H and O–H groups in total. The molecule has 28 heavy (non-hydrogen) atoms. The Hall–Kier alpha value is -3.15. The second-order valence-corrected chi connectivity index (χ2v) is 6.66. The van der Waals surface area contributed by atoms with Gasteiger partial charge in [0.05, 0.1) is 12.3 Å². The van der Waals surface area contributed by atoms with Crippen molar-refractivity contribution >= 4 is 16.7 Å². The number of carbonyl (C=O) groups is 1. The molecule has 146 valence electrons. The number of phenolic OH excluding ortho intramolecular Hbond substituents is 1. The molecule has 5 nitrogen and oxygen atoms in total. The van der Waals surface area contributed by atoms with Crippen molar-refractivity contribution in [2.24, 2.45) is 0 Å². The molecule has 0 radical (unpaired) electrons. The van der Waals surface area contributed by atoms with Gasteiger partial charge in [-0.25, -0.2) is 14.2 Å². The summed E-state index contributed by atoms with van der Waals surface area (Å²) in [5.41, 5.74) is 2.40. The Morgan fingerprint density at radius 3 is 2.50 bits per heavy atom. The van der Waals surface area contributed by atoms with Crippen molar-refractivity contribution in [2.45, 2.75) is 26.7 Å². The molecule has 0 atom stereocenters. The summed E-state index contributed by atoms with van der Waals surface area (Å²) < 4.78 is 24.0. The third-order valence-corrected chi connectivity index (χ3v) is 4.29. The summed E-state index contributed by atoms with van der Waals surface area (Å²) in [7, 11) is 0. The van der Waals surface area contributed by atoms with Gasteiger partial charge in [0.15, 0.2) is 6.61 Å². The van der Waals surface area contributed by atoms with Crippen molar-refractivity contribution in [3.05, 3.63) is 54.0 Å². The van der Waals surface area contributed by atoms with Gasteiger partial charge in [-0.05, 0) is 54.1 Å². The Labute approximate surface area is 162 Å². The molecule has 0 saturated carbocycles. The van der Waals surface area contributed by atoms with Crippen molar-refractivity contribution in [1.29, 1.82) is 0 Å². The normalized spacial score (nSPS) is 11.0. The number of aromatic nitrogens is 1. The van der Waals surface area contributed by atoms with Gasteiger partial charge in [-0.2, -0.15) is 0 Å². The number of carbonyl (C=O) groups excluding carboxylic acids is 1. The number of hydrogen-bond acceptors (Lipinski definition) is 5. The lowest BCUT2D eigenvalue weighted by molar-refractivity contribution is -0.145. The van der Waals surface area contributed by atoms with E-state index in [9.17, 15) is 14.3 Å². The maximum atomic E-state index is 13.4. The number of rotatable bonds is 6. The molecule has 0 aliphatic carbocycles. The zero-order valence-electron chi connectivity index (χ0n) is 16.0. The molecule has 0 fully saturated rings. The van der Waals surface area contributed by atoms with Crippen molar-refractivity contribution in [2.75, 3.05) is 13.2 Å². The van der Waals surface area contributed by atoms with Crippen LogP contribution in [0.4, 0.5) is 4.39 Å². The van der Waals surface area contributed by atoms with Crippen LogP contribution >= 0.6 is 0 Å². The second kappa shape index (κ2) is 8.25. The number of aromatic hydroxyl groups is 1. The molecule has 1 aromatic heterocycles. The number of esters is 1. The Kier molecular flexibility index (Phi) is 5.78. The molecular formula is C22H22FNO4. The van der Waals surface area contributed by atoms with Crippen LogP contribution in [0.25, 0.3) is 21.9 Å². The molecule has 2 aromatic carbocycles. The highest BCUT2D eigenvalue weighted by Gasteiger charge is 2.20. The molecule has 3 aromatic rings. The van der Waals surface area contributed by atoms with E-state index in [2.05, 4.69) is 4.98 Å². The van der Waals surface area contributed by atoms with Gasteiger partial charge >= 0.3 is 5.97 Å². The van der Waals surface area contributed by atoms with Crippen LogP contribution in [-0.4, -0.2) is 29.3 Å². The van der Waals surface area contributed by atoms with Crippen LogP contribution in [0, 0.1) is 5.82 Å². The molecule has 0 amide bonds. The number of fused-ring (bicyclic) bond motifs is 1. The van der Waals surface area contributed by atoms with E-state index in [1.165, 1.54) is 12.1 Å². The quantitative estimate of drug-likeness (QED) is 0.619. The summed E-state index contributed by atoms with van der Waals surface area (Å²) in [4.78, 5) is 16.3. The minimum Gasteiger partial charge on any atom is -0.508 e. The highest BCUT2D eigenvalue weighted by molar-refractivity contribution is 6.01. The standard InChI is InChI=1S/C22H22FNO4/c1-4-27-19(26)12-28-22-18-11-16(25)9-10-17(18)20(21(24-22)13(2)3)14-5-7-15(23)8-6-14/h5-11,13,25H,4,12H2,1-3H3. The molecule has 0 aliphatic rings. The van der Waals surface area contributed by atoms with Crippen LogP contribution in [0.15, 0.2) is 42.5 Å². The van der Waals surface area contributed by atoms with Gasteiger partial charge in [0, 0.05) is 10.9 Å².